The van der Waals surface area contributed by atoms with Crippen LogP contribution in [0.2, 0.25) is 0 Å². The van der Waals surface area contributed by atoms with Crippen LogP contribution in [0.4, 0.5) is 11.4 Å². The Bertz CT molecular complexity index is 1010. The highest BCUT2D eigenvalue weighted by atomic mass is 127. The third-order valence-corrected chi connectivity index (χ3v) is 6.39. The number of hydrogen-bond acceptors (Lipinski definition) is 1. The molecule has 0 aliphatic carbocycles. The molecule has 170 valence electrons. The van der Waals surface area contributed by atoms with E-state index in [0.29, 0.717) is 0 Å². The van der Waals surface area contributed by atoms with Crippen LogP contribution in [0.3, 0.4) is 0 Å². The third-order valence-electron chi connectivity index (χ3n) is 6.39. The molecular weight excluding hydrogens is 491 g/mol. The van der Waals surface area contributed by atoms with Gasteiger partial charge in [-0.1, -0.05) is 78.6 Å². The van der Waals surface area contributed by atoms with Gasteiger partial charge >= 0.3 is 0 Å². The minimum Gasteiger partial charge on any atom is -1.00 e. The maximum atomic E-state index is 2.32. The molecule has 0 bridgehead atoms. The predicted molar refractivity (Wildman–Crippen MR) is 136 cm³/mol. The standard InChI is InChI=1S/C25H29N2.3CH4.HI/c1-24(2)18-12-7-9-14-20(18)26(5)22(24)16-11-17-23-25(3,4)19-13-8-10-15-21(19)27(23)6;;;;/h7-17H,1-6H3;3*1H4;1H/q+1;;;;/p-1. The van der Waals surface area contributed by atoms with Crippen LogP contribution in [-0.4, -0.2) is 24.4 Å². The number of benzene rings is 2. The minimum absolute atomic E-state index is 0. The quantitative estimate of drug-likeness (QED) is 0.409. The Hall–Kier alpha value is -1.88. The summed E-state index contributed by atoms with van der Waals surface area (Å²) in [7, 11) is 4.34. The van der Waals surface area contributed by atoms with Gasteiger partial charge in [0.15, 0.2) is 5.71 Å². The highest BCUT2D eigenvalue weighted by Gasteiger charge is 2.42. The lowest BCUT2D eigenvalue weighted by Gasteiger charge is -2.23. The molecule has 2 nitrogen and oxygen atoms in total. The van der Waals surface area contributed by atoms with Crippen LogP contribution >= 0.6 is 0 Å². The Kier molecular flexibility index (Phi) is 9.54. The van der Waals surface area contributed by atoms with Gasteiger partial charge in [0.2, 0.25) is 5.69 Å². The lowest BCUT2D eigenvalue weighted by Crippen LogP contribution is -3.00. The molecule has 0 spiro atoms. The second-order valence-corrected chi connectivity index (χ2v) is 8.70. The number of para-hydroxylation sites is 2. The molecular formula is C28H41IN2. The Morgan fingerprint density at radius 2 is 1.35 bits per heavy atom. The van der Waals surface area contributed by atoms with Crippen LogP contribution in [0.15, 0.2) is 72.5 Å². The molecule has 0 saturated heterocycles. The van der Waals surface area contributed by atoms with Gasteiger partial charge in [-0.05, 0) is 31.6 Å². The van der Waals surface area contributed by atoms with Crippen LogP contribution in [0, 0.1) is 0 Å². The molecule has 4 rings (SSSR count). The monoisotopic (exact) mass is 532 g/mol. The number of nitrogens with zero attached hydrogens (tertiary/aromatic N) is 2. The van der Waals surface area contributed by atoms with E-state index in [4.69, 9.17) is 0 Å². The van der Waals surface area contributed by atoms with Crippen molar-refractivity contribution >= 4 is 17.1 Å². The van der Waals surface area contributed by atoms with E-state index in [1.807, 2.05) is 0 Å². The summed E-state index contributed by atoms with van der Waals surface area (Å²) in [6.45, 7) is 9.24. The van der Waals surface area contributed by atoms with Gasteiger partial charge in [0.1, 0.15) is 7.05 Å². The first-order valence-electron chi connectivity index (χ1n) is 9.69. The van der Waals surface area contributed by atoms with Crippen LogP contribution in [0.1, 0.15) is 61.1 Å². The number of hydrogen-bond donors (Lipinski definition) is 0. The third kappa shape index (κ3) is 4.39. The van der Waals surface area contributed by atoms with Crippen molar-refractivity contribution in [2.45, 2.75) is 60.8 Å². The van der Waals surface area contributed by atoms with Gasteiger partial charge in [-0.3, -0.25) is 0 Å². The van der Waals surface area contributed by atoms with E-state index >= 15 is 0 Å². The van der Waals surface area contributed by atoms with Crippen LogP contribution < -0.4 is 28.9 Å². The van der Waals surface area contributed by atoms with Gasteiger partial charge in [-0.25, -0.2) is 0 Å². The van der Waals surface area contributed by atoms with Gasteiger partial charge in [-0.2, -0.15) is 4.58 Å². The van der Waals surface area contributed by atoms with Crippen molar-refractivity contribution in [3.05, 3.63) is 83.6 Å². The summed E-state index contributed by atoms with van der Waals surface area (Å²) >= 11 is 0. The Morgan fingerprint density at radius 3 is 1.94 bits per heavy atom. The fraction of sp³-hybridized carbons (Fsp3) is 0.393. The summed E-state index contributed by atoms with van der Waals surface area (Å²) in [4.78, 5) is 2.32. The van der Waals surface area contributed by atoms with Crippen molar-refractivity contribution in [2.24, 2.45) is 0 Å². The van der Waals surface area contributed by atoms with Crippen molar-refractivity contribution in [3.8, 4) is 0 Å². The molecule has 0 N–H and O–H groups in total. The van der Waals surface area contributed by atoms with E-state index < -0.39 is 0 Å². The molecule has 2 aliphatic heterocycles. The molecule has 0 unspecified atom stereocenters. The molecule has 2 aliphatic rings. The van der Waals surface area contributed by atoms with Gasteiger partial charge in [0.05, 0.1) is 5.41 Å². The molecule has 0 aromatic heterocycles. The Morgan fingerprint density at radius 1 is 0.806 bits per heavy atom. The first kappa shape index (κ1) is 29.1. The van der Waals surface area contributed by atoms with Crippen molar-refractivity contribution in [3.63, 3.8) is 0 Å². The molecule has 0 saturated carbocycles. The summed E-state index contributed by atoms with van der Waals surface area (Å²) in [5, 5.41) is 0. The average molecular weight is 533 g/mol. The number of fused-ring (bicyclic) bond motifs is 2. The summed E-state index contributed by atoms with van der Waals surface area (Å²) in [6, 6.07) is 17.4. The molecule has 2 aromatic carbocycles. The van der Waals surface area contributed by atoms with Gasteiger partial charge in [-0.15, -0.1) is 0 Å². The molecule has 2 aromatic rings. The average Bonchev–Trinajstić information content (AvgIpc) is 2.96. The van der Waals surface area contributed by atoms with Crippen molar-refractivity contribution < 1.29 is 28.6 Å². The van der Waals surface area contributed by atoms with E-state index in [2.05, 4.69) is 118 Å². The number of halogens is 1. The largest absolute Gasteiger partial charge is 1.00 e. The molecule has 31 heavy (non-hydrogen) atoms. The molecule has 0 amide bonds. The molecule has 0 radical (unpaired) electrons. The molecule has 2 heterocycles. The fourth-order valence-corrected chi connectivity index (χ4v) is 4.83. The maximum absolute atomic E-state index is 2.32. The second-order valence-electron chi connectivity index (χ2n) is 8.70. The van der Waals surface area contributed by atoms with E-state index in [0.717, 1.165) is 0 Å². The molecule has 3 heteroatoms. The summed E-state index contributed by atoms with van der Waals surface area (Å²) in [5.41, 5.74) is 8.09. The maximum Gasteiger partial charge on any atom is 0.209 e. The SMILES string of the molecule is C.C.C.CN1C(=CC=CC2=[N+](C)c3ccccc3C2(C)C)C(C)(C)c2ccccc21.[I-]. The van der Waals surface area contributed by atoms with Crippen molar-refractivity contribution in [1.29, 1.82) is 0 Å². The molecule has 0 fully saturated rings. The fourth-order valence-electron chi connectivity index (χ4n) is 4.83. The second kappa shape index (κ2) is 10.2. The summed E-state index contributed by atoms with van der Waals surface area (Å²) in [5.74, 6) is 0. The van der Waals surface area contributed by atoms with Gasteiger partial charge in [0, 0.05) is 41.6 Å². The lowest BCUT2D eigenvalue weighted by molar-refractivity contribution is -0.401. The van der Waals surface area contributed by atoms with Crippen molar-refractivity contribution in [2.75, 3.05) is 19.0 Å². The predicted octanol–water partition coefficient (Wildman–Crippen LogP) is 4.47. The highest BCUT2D eigenvalue weighted by Crippen LogP contribution is 2.46. The zero-order valence-electron chi connectivity index (χ0n) is 17.6. The van der Waals surface area contributed by atoms with Crippen LogP contribution in [0.25, 0.3) is 0 Å². The zero-order chi connectivity index (χ0) is 19.4. The first-order chi connectivity index (χ1) is 12.8. The first-order valence-corrected chi connectivity index (χ1v) is 9.69. The minimum atomic E-state index is 0. The lowest BCUT2D eigenvalue weighted by atomic mass is 9.81. The van der Waals surface area contributed by atoms with Crippen LogP contribution in [-0.2, 0) is 10.8 Å². The Labute approximate surface area is 208 Å². The smallest absolute Gasteiger partial charge is 0.209 e. The van der Waals surface area contributed by atoms with E-state index in [-0.39, 0.29) is 57.1 Å². The van der Waals surface area contributed by atoms with E-state index in [1.165, 1.54) is 33.9 Å². The summed E-state index contributed by atoms with van der Waals surface area (Å²) < 4.78 is 2.32. The topological polar surface area (TPSA) is 6.25 Å². The summed E-state index contributed by atoms with van der Waals surface area (Å²) in [6.07, 6.45) is 6.78. The Balaban J connectivity index is 0.00000225. The van der Waals surface area contributed by atoms with Gasteiger partial charge < -0.3 is 28.9 Å². The highest BCUT2D eigenvalue weighted by molar-refractivity contribution is 6.03. The van der Waals surface area contributed by atoms with E-state index in [9.17, 15) is 0 Å². The zero-order valence-corrected chi connectivity index (χ0v) is 19.8. The van der Waals surface area contributed by atoms with Crippen LogP contribution in [0.5, 0.6) is 0 Å². The number of allylic oxidation sites excluding steroid dienone is 4. The van der Waals surface area contributed by atoms with Gasteiger partial charge in [0.25, 0.3) is 0 Å². The molecule has 0 atom stereocenters. The number of anilines is 1. The van der Waals surface area contributed by atoms with Crippen molar-refractivity contribution in [1.82, 2.24) is 0 Å². The number of likely N-dealkylation sites (N-methyl/N-ethyl adjacent to an activating group) is 1. The number of rotatable bonds is 2. The normalized spacial score (nSPS) is 18.5. The van der Waals surface area contributed by atoms with E-state index in [1.54, 1.807) is 0 Å².